The molecule has 5 nitrogen and oxygen atoms in total. The van der Waals surface area contributed by atoms with Crippen molar-refractivity contribution in [2.45, 2.75) is 26.5 Å². The van der Waals surface area contributed by atoms with Crippen LogP contribution in [0.5, 0.6) is 5.88 Å². The second-order valence-corrected chi connectivity index (χ2v) is 5.01. The van der Waals surface area contributed by atoms with Crippen LogP contribution in [0.1, 0.15) is 29.9 Å². The lowest BCUT2D eigenvalue weighted by Gasteiger charge is -2.19. The molecule has 0 spiro atoms. The fraction of sp³-hybridized carbons (Fsp3) is 0.312. The van der Waals surface area contributed by atoms with Crippen molar-refractivity contribution in [3.8, 4) is 5.88 Å². The van der Waals surface area contributed by atoms with Crippen molar-refractivity contribution in [1.82, 2.24) is 14.9 Å². The van der Waals surface area contributed by atoms with Gasteiger partial charge in [-0.05, 0) is 38.1 Å². The van der Waals surface area contributed by atoms with Crippen LogP contribution in [0.3, 0.4) is 0 Å². The molecular weight excluding hydrogens is 266 g/mol. The zero-order valence-corrected chi connectivity index (χ0v) is 12.5. The van der Waals surface area contributed by atoms with Crippen molar-refractivity contribution in [2.24, 2.45) is 0 Å². The van der Waals surface area contributed by atoms with E-state index in [-0.39, 0.29) is 12.0 Å². The number of ether oxygens (including phenoxy) is 1. The van der Waals surface area contributed by atoms with E-state index in [1.54, 1.807) is 36.5 Å². The zero-order valence-electron chi connectivity index (χ0n) is 12.5. The van der Waals surface area contributed by atoms with Gasteiger partial charge in [-0.3, -0.25) is 9.78 Å². The first-order chi connectivity index (χ1) is 10.1. The molecule has 0 bridgehead atoms. The Hall–Kier alpha value is -2.43. The van der Waals surface area contributed by atoms with Gasteiger partial charge >= 0.3 is 0 Å². The van der Waals surface area contributed by atoms with Gasteiger partial charge in [0.25, 0.3) is 5.91 Å². The molecule has 2 rings (SSSR count). The average molecular weight is 285 g/mol. The third kappa shape index (κ3) is 4.02. The molecule has 2 aromatic heterocycles. The number of carbonyl (C=O) groups excluding carboxylic acids is 1. The van der Waals surface area contributed by atoms with E-state index >= 15 is 0 Å². The zero-order chi connectivity index (χ0) is 15.2. The standard InChI is InChI=1S/C16H19N3O2/c1-12(2)21-15-14(8-6-10-18-15)16(20)19(3)11-13-7-4-5-9-17-13/h4-10,12H,11H2,1-3H3. The van der Waals surface area contributed by atoms with Crippen LogP contribution in [-0.4, -0.2) is 33.9 Å². The summed E-state index contributed by atoms with van der Waals surface area (Å²) in [7, 11) is 1.74. The summed E-state index contributed by atoms with van der Waals surface area (Å²) in [4.78, 5) is 22.5. The van der Waals surface area contributed by atoms with E-state index in [9.17, 15) is 4.79 Å². The summed E-state index contributed by atoms with van der Waals surface area (Å²) >= 11 is 0. The molecular formula is C16H19N3O2. The van der Waals surface area contributed by atoms with Crippen LogP contribution < -0.4 is 4.74 Å². The van der Waals surface area contributed by atoms with Crippen molar-refractivity contribution in [1.29, 1.82) is 0 Å². The third-order valence-electron chi connectivity index (χ3n) is 2.82. The first-order valence-electron chi connectivity index (χ1n) is 6.85. The van der Waals surface area contributed by atoms with E-state index < -0.39 is 0 Å². The van der Waals surface area contributed by atoms with Gasteiger partial charge in [0.15, 0.2) is 0 Å². The van der Waals surface area contributed by atoms with Gasteiger partial charge in [-0.1, -0.05) is 6.07 Å². The third-order valence-corrected chi connectivity index (χ3v) is 2.82. The summed E-state index contributed by atoms with van der Waals surface area (Å²) in [6.07, 6.45) is 3.30. The van der Waals surface area contributed by atoms with Crippen molar-refractivity contribution < 1.29 is 9.53 Å². The molecule has 5 heteroatoms. The summed E-state index contributed by atoms with van der Waals surface area (Å²) in [5.41, 5.74) is 1.30. The maximum absolute atomic E-state index is 12.5. The first kappa shape index (κ1) is 15.0. The Morgan fingerprint density at radius 1 is 1.19 bits per heavy atom. The van der Waals surface area contributed by atoms with Crippen molar-refractivity contribution >= 4 is 5.91 Å². The van der Waals surface area contributed by atoms with E-state index in [4.69, 9.17) is 4.74 Å². The van der Waals surface area contributed by atoms with Gasteiger partial charge in [-0.15, -0.1) is 0 Å². The second kappa shape index (κ2) is 6.83. The number of hydrogen-bond donors (Lipinski definition) is 0. The number of amides is 1. The average Bonchev–Trinajstić information content (AvgIpc) is 2.47. The predicted molar refractivity (Wildman–Crippen MR) is 80.0 cm³/mol. The van der Waals surface area contributed by atoms with Crippen LogP contribution in [-0.2, 0) is 6.54 Å². The fourth-order valence-electron chi connectivity index (χ4n) is 1.88. The maximum Gasteiger partial charge on any atom is 0.259 e. The normalized spacial score (nSPS) is 10.5. The second-order valence-electron chi connectivity index (χ2n) is 5.01. The molecule has 0 fully saturated rings. The van der Waals surface area contributed by atoms with E-state index in [1.807, 2.05) is 32.0 Å². The van der Waals surface area contributed by atoms with Crippen molar-refractivity contribution in [3.63, 3.8) is 0 Å². The lowest BCUT2D eigenvalue weighted by molar-refractivity contribution is 0.0776. The lowest BCUT2D eigenvalue weighted by Crippen LogP contribution is -2.27. The fourth-order valence-corrected chi connectivity index (χ4v) is 1.88. The summed E-state index contributed by atoms with van der Waals surface area (Å²) in [6, 6.07) is 9.09. The molecule has 110 valence electrons. The Bertz CT molecular complexity index is 599. The Morgan fingerprint density at radius 2 is 1.95 bits per heavy atom. The van der Waals surface area contributed by atoms with Crippen LogP contribution in [0.2, 0.25) is 0 Å². The Morgan fingerprint density at radius 3 is 2.62 bits per heavy atom. The SMILES string of the molecule is CC(C)Oc1ncccc1C(=O)N(C)Cc1ccccn1. The van der Waals surface area contributed by atoms with Crippen LogP contribution in [0.25, 0.3) is 0 Å². The van der Waals surface area contributed by atoms with Gasteiger partial charge in [0, 0.05) is 19.4 Å². The highest BCUT2D eigenvalue weighted by Gasteiger charge is 2.18. The number of nitrogens with zero attached hydrogens (tertiary/aromatic N) is 3. The summed E-state index contributed by atoms with van der Waals surface area (Å²) in [6.45, 7) is 4.25. The van der Waals surface area contributed by atoms with E-state index in [0.29, 0.717) is 18.0 Å². The minimum absolute atomic E-state index is 0.0347. The molecule has 0 saturated heterocycles. The van der Waals surface area contributed by atoms with Gasteiger partial charge in [-0.25, -0.2) is 4.98 Å². The summed E-state index contributed by atoms with van der Waals surface area (Å²) < 4.78 is 5.59. The van der Waals surface area contributed by atoms with Crippen LogP contribution >= 0.6 is 0 Å². The monoisotopic (exact) mass is 285 g/mol. The molecule has 0 aromatic carbocycles. The number of carbonyl (C=O) groups is 1. The molecule has 21 heavy (non-hydrogen) atoms. The molecule has 0 aliphatic rings. The molecule has 0 aliphatic heterocycles. The molecule has 0 N–H and O–H groups in total. The number of hydrogen-bond acceptors (Lipinski definition) is 4. The minimum Gasteiger partial charge on any atom is -0.474 e. The molecule has 0 aliphatic carbocycles. The van der Waals surface area contributed by atoms with Gasteiger partial charge in [-0.2, -0.15) is 0 Å². The maximum atomic E-state index is 12.5. The minimum atomic E-state index is -0.135. The summed E-state index contributed by atoms with van der Waals surface area (Å²) in [5.74, 6) is 0.231. The number of aromatic nitrogens is 2. The number of pyridine rings is 2. The van der Waals surface area contributed by atoms with E-state index in [1.165, 1.54) is 0 Å². The van der Waals surface area contributed by atoms with Crippen LogP contribution in [0.4, 0.5) is 0 Å². The predicted octanol–water partition coefficient (Wildman–Crippen LogP) is 2.54. The van der Waals surface area contributed by atoms with Crippen molar-refractivity contribution in [2.75, 3.05) is 7.05 Å². The van der Waals surface area contributed by atoms with E-state index in [2.05, 4.69) is 9.97 Å². The van der Waals surface area contributed by atoms with Crippen LogP contribution in [0.15, 0.2) is 42.7 Å². The molecule has 0 radical (unpaired) electrons. The van der Waals surface area contributed by atoms with E-state index in [0.717, 1.165) is 5.69 Å². The molecule has 0 unspecified atom stereocenters. The highest BCUT2D eigenvalue weighted by Crippen LogP contribution is 2.18. The molecule has 2 heterocycles. The van der Waals surface area contributed by atoms with Crippen LogP contribution in [0, 0.1) is 0 Å². The Kier molecular flexibility index (Phi) is 4.87. The molecule has 0 saturated carbocycles. The summed E-state index contributed by atoms with van der Waals surface area (Å²) in [5, 5.41) is 0. The molecule has 0 atom stereocenters. The number of rotatable bonds is 5. The Labute approximate surface area is 124 Å². The van der Waals surface area contributed by atoms with Gasteiger partial charge in [0.1, 0.15) is 5.56 Å². The first-order valence-corrected chi connectivity index (χ1v) is 6.85. The van der Waals surface area contributed by atoms with Gasteiger partial charge in [0.05, 0.1) is 18.3 Å². The van der Waals surface area contributed by atoms with Gasteiger partial charge < -0.3 is 9.64 Å². The van der Waals surface area contributed by atoms with Gasteiger partial charge in [0.2, 0.25) is 5.88 Å². The Balaban J connectivity index is 2.16. The largest absolute Gasteiger partial charge is 0.474 e. The molecule has 1 amide bonds. The molecule has 2 aromatic rings. The topological polar surface area (TPSA) is 55.3 Å². The smallest absolute Gasteiger partial charge is 0.259 e. The highest BCUT2D eigenvalue weighted by molar-refractivity contribution is 5.96. The van der Waals surface area contributed by atoms with Crippen molar-refractivity contribution in [3.05, 3.63) is 54.0 Å². The highest BCUT2D eigenvalue weighted by atomic mass is 16.5. The quantitative estimate of drug-likeness (QED) is 0.847. The lowest BCUT2D eigenvalue weighted by atomic mass is 10.2.